The molecule has 1 aromatic heterocycles. The second kappa shape index (κ2) is 6.15. The van der Waals surface area contributed by atoms with Crippen LogP contribution in [-0.2, 0) is 0 Å². The molecule has 3 nitrogen and oxygen atoms in total. The first-order valence-electron chi connectivity index (χ1n) is 5.23. The van der Waals surface area contributed by atoms with Gasteiger partial charge >= 0.3 is 0 Å². The number of hydrogen-bond donors (Lipinski definition) is 0. The summed E-state index contributed by atoms with van der Waals surface area (Å²) in [6.45, 7) is 4.53. The number of nitrogens with zero attached hydrogens (tertiary/aromatic N) is 3. The summed E-state index contributed by atoms with van der Waals surface area (Å²) in [5.41, 5.74) is 1.55. The van der Waals surface area contributed by atoms with Gasteiger partial charge in [0.2, 0.25) is 0 Å². The molecule has 0 atom stereocenters. The molecule has 0 aromatic carbocycles. The van der Waals surface area contributed by atoms with Crippen molar-refractivity contribution in [3.05, 3.63) is 29.6 Å². The number of hydrogen-bond acceptors (Lipinski definition) is 3. The topological polar surface area (TPSA) is 39.9 Å². The molecule has 0 aliphatic carbocycles. The molecule has 2 heterocycles. The Morgan fingerprint density at radius 3 is 2.33 bits per heavy atom. The van der Waals surface area contributed by atoms with E-state index in [1.54, 1.807) is 12.3 Å². The van der Waals surface area contributed by atoms with E-state index in [4.69, 9.17) is 5.26 Å². The summed E-state index contributed by atoms with van der Waals surface area (Å²) in [6, 6.07) is 5.56. The molecule has 0 radical (unpaired) electrons. The number of pyridine rings is 1. The summed E-state index contributed by atoms with van der Waals surface area (Å²) in [5, 5.41) is 8.34. The summed E-state index contributed by atoms with van der Waals surface area (Å²) in [7, 11) is 2.17. The van der Waals surface area contributed by atoms with E-state index >= 15 is 0 Å². The van der Waals surface area contributed by atoms with Crippen LogP contribution in [0.4, 0.5) is 0 Å². The van der Waals surface area contributed by atoms with Crippen molar-refractivity contribution in [2.45, 2.75) is 19.8 Å². The van der Waals surface area contributed by atoms with Gasteiger partial charge in [-0.25, -0.2) is 0 Å². The Hall–Kier alpha value is -1.40. The zero-order valence-corrected chi connectivity index (χ0v) is 9.40. The third-order valence-corrected chi connectivity index (χ3v) is 2.37. The lowest BCUT2D eigenvalue weighted by Gasteiger charge is -2.01. The maximum absolute atomic E-state index is 8.34. The summed E-state index contributed by atoms with van der Waals surface area (Å²) in [6.07, 6.45) is 4.39. The van der Waals surface area contributed by atoms with Crippen molar-refractivity contribution >= 4 is 0 Å². The zero-order chi connectivity index (χ0) is 11.1. The Morgan fingerprint density at radius 1 is 1.33 bits per heavy atom. The molecular weight excluding hydrogens is 186 g/mol. The van der Waals surface area contributed by atoms with Crippen molar-refractivity contribution in [3.63, 3.8) is 0 Å². The average molecular weight is 203 g/mol. The Kier molecular flexibility index (Phi) is 4.79. The van der Waals surface area contributed by atoms with Gasteiger partial charge in [-0.2, -0.15) is 5.26 Å². The summed E-state index contributed by atoms with van der Waals surface area (Å²) >= 11 is 0. The second-order valence-corrected chi connectivity index (χ2v) is 3.81. The summed E-state index contributed by atoms with van der Waals surface area (Å²) in [4.78, 5) is 6.29. The standard InChI is InChI=1S/C7H6N2.C5H11N/c1-6-2-3-7(4-8)5-9-6;1-6-4-2-3-5-6/h2-3,5H,1H3;2-5H2,1H3. The van der Waals surface area contributed by atoms with Gasteiger partial charge in [0, 0.05) is 11.9 Å². The fourth-order valence-corrected chi connectivity index (χ4v) is 1.41. The van der Waals surface area contributed by atoms with Gasteiger partial charge in [-0.1, -0.05) is 0 Å². The molecule has 1 aromatic rings. The number of rotatable bonds is 0. The molecule has 0 amide bonds. The highest BCUT2D eigenvalue weighted by atomic mass is 15.1. The van der Waals surface area contributed by atoms with E-state index < -0.39 is 0 Å². The molecule has 80 valence electrons. The van der Waals surface area contributed by atoms with Gasteiger partial charge in [0.1, 0.15) is 6.07 Å². The molecule has 0 saturated carbocycles. The van der Waals surface area contributed by atoms with E-state index in [2.05, 4.69) is 16.9 Å². The molecule has 2 rings (SSSR count). The SMILES string of the molecule is CN1CCCC1.Cc1ccc(C#N)cn1. The zero-order valence-electron chi connectivity index (χ0n) is 9.40. The van der Waals surface area contributed by atoms with E-state index in [9.17, 15) is 0 Å². The second-order valence-electron chi connectivity index (χ2n) is 3.81. The molecule has 0 bridgehead atoms. The van der Waals surface area contributed by atoms with Crippen LogP contribution >= 0.6 is 0 Å². The first-order chi connectivity index (χ1) is 7.22. The molecule has 0 spiro atoms. The quantitative estimate of drug-likeness (QED) is 0.647. The summed E-state index contributed by atoms with van der Waals surface area (Å²) < 4.78 is 0. The molecule has 1 aliphatic heterocycles. The van der Waals surface area contributed by atoms with E-state index in [0.29, 0.717) is 5.56 Å². The minimum absolute atomic E-state index is 0.612. The van der Waals surface area contributed by atoms with E-state index in [-0.39, 0.29) is 0 Å². The fourth-order valence-electron chi connectivity index (χ4n) is 1.41. The first kappa shape index (κ1) is 11.7. The van der Waals surface area contributed by atoms with Gasteiger partial charge in [-0.05, 0) is 52.0 Å². The highest BCUT2D eigenvalue weighted by Gasteiger charge is 2.03. The smallest absolute Gasteiger partial charge is 0.101 e. The van der Waals surface area contributed by atoms with Gasteiger partial charge < -0.3 is 4.90 Å². The van der Waals surface area contributed by atoms with E-state index in [0.717, 1.165) is 5.69 Å². The van der Waals surface area contributed by atoms with Crippen LogP contribution in [0.5, 0.6) is 0 Å². The van der Waals surface area contributed by atoms with Crippen molar-refractivity contribution in [1.29, 1.82) is 5.26 Å². The van der Waals surface area contributed by atoms with Crippen LogP contribution in [0.3, 0.4) is 0 Å². The largest absolute Gasteiger partial charge is 0.306 e. The molecule has 1 saturated heterocycles. The number of aromatic nitrogens is 1. The Bertz CT molecular complexity index is 318. The molecule has 15 heavy (non-hydrogen) atoms. The van der Waals surface area contributed by atoms with Gasteiger partial charge in [0.25, 0.3) is 0 Å². The van der Waals surface area contributed by atoms with E-state index in [1.165, 1.54) is 25.9 Å². The Labute approximate surface area is 91.4 Å². The van der Waals surface area contributed by atoms with Crippen LogP contribution in [0.15, 0.2) is 18.3 Å². The van der Waals surface area contributed by atoms with Crippen molar-refractivity contribution in [1.82, 2.24) is 9.88 Å². The fraction of sp³-hybridized carbons (Fsp3) is 0.500. The molecule has 1 fully saturated rings. The number of aryl methyl sites for hydroxylation is 1. The van der Waals surface area contributed by atoms with Crippen LogP contribution in [0, 0.1) is 18.3 Å². The Balaban J connectivity index is 0.000000162. The maximum atomic E-state index is 8.34. The van der Waals surface area contributed by atoms with Gasteiger partial charge in [0.15, 0.2) is 0 Å². The van der Waals surface area contributed by atoms with Crippen LogP contribution in [0.25, 0.3) is 0 Å². The molecule has 1 aliphatic rings. The molecular formula is C12H17N3. The number of likely N-dealkylation sites (tertiary alicyclic amines) is 1. The predicted molar refractivity (Wildman–Crippen MR) is 60.4 cm³/mol. The van der Waals surface area contributed by atoms with Crippen molar-refractivity contribution in [2.75, 3.05) is 20.1 Å². The van der Waals surface area contributed by atoms with Crippen LogP contribution < -0.4 is 0 Å². The van der Waals surface area contributed by atoms with Crippen molar-refractivity contribution in [2.24, 2.45) is 0 Å². The minimum atomic E-state index is 0.612. The molecule has 3 heteroatoms. The first-order valence-corrected chi connectivity index (χ1v) is 5.23. The number of nitriles is 1. The average Bonchev–Trinajstić information content (AvgIpc) is 2.71. The lowest BCUT2D eigenvalue weighted by Crippen LogP contribution is -2.10. The minimum Gasteiger partial charge on any atom is -0.306 e. The van der Waals surface area contributed by atoms with Crippen molar-refractivity contribution in [3.8, 4) is 6.07 Å². The lowest BCUT2D eigenvalue weighted by atomic mass is 10.3. The summed E-state index contributed by atoms with van der Waals surface area (Å²) in [5.74, 6) is 0. The lowest BCUT2D eigenvalue weighted by molar-refractivity contribution is 0.418. The van der Waals surface area contributed by atoms with Crippen LogP contribution in [0.2, 0.25) is 0 Å². The monoisotopic (exact) mass is 203 g/mol. The Morgan fingerprint density at radius 2 is 2.00 bits per heavy atom. The highest BCUT2D eigenvalue weighted by Crippen LogP contribution is 2.02. The third-order valence-electron chi connectivity index (χ3n) is 2.37. The van der Waals surface area contributed by atoms with Crippen LogP contribution in [0.1, 0.15) is 24.1 Å². The highest BCUT2D eigenvalue weighted by molar-refractivity contribution is 5.25. The third kappa shape index (κ3) is 4.57. The maximum Gasteiger partial charge on any atom is 0.101 e. The van der Waals surface area contributed by atoms with E-state index in [1.807, 2.05) is 19.1 Å². The predicted octanol–water partition coefficient (Wildman–Crippen LogP) is 1.97. The van der Waals surface area contributed by atoms with Gasteiger partial charge in [0.05, 0.1) is 5.56 Å². The van der Waals surface area contributed by atoms with Gasteiger partial charge in [-0.15, -0.1) is 0 Å². The van der Waals surface area contributed by atoms with Crippen molar-refractivity contribution < 1.29 is 0 Å². The molecule has 0 unspecified atom stereocenters. The van der Waals surface area contributed by atoms with Crippen LogP contribution in [-0.4, -0.2) is 30.0 Å². The van der Waals surface area contributed by atoms with Gasteiger partial charge in [-0.3, -0.25) is 4.98 Å². The molecule has 0 N–H and O–H groups in total. The normalized spacial score (nSPS) is 15.3.